The molecule has 1 saturated carbocycles. The molecule has 1 aliphatic carbocycles. The summed E-state index contributed by atoms with van der Waals surface area (Å²) in [5.41, 5.74) is 2.97. The molecule has 0 saturated heterocycles. The molecular formula is C17H18N2O. The summed E-state index contributed by atoms with van der Waals surface area (Å²) in [6.07, 6.45) is 4.01. The fraction of sp³-hybridized carbons (Fsp3) is 0.294. The first kappa shape index (κ1) is 12.9. The normalized spacial score (nSPS) is 15.7. The molecule has 0 aliphatic heterocycles. The zero-order valence-corrected chi connectivity index (χ0v) is 11.6. The van der Waals surface area contributed by atoms with Gasteiger partial charge < -0.3 is 5.32 Å². The molecule has 3 rings (SSSR count). The van der Waals surface area contributed by atoms with E-state index in [-0.39, 0.29) is 11.3 Å². The number of aromatic nitrogens is 1. The van der Waals surface area contributed by atoms with Gasteiger partial charge in [-0.1, -0.05) is 23.8 Å². The van der Waals surface area contributed by atoms with Gasteiger partial charge in [-0.2, -0.15) is 0 Å². The summed E-state index contributed by atoms with van der Waals surface area (Å²) in [7, 11) is 0. The molecule has 0 spiro atoms. The Balaban J connectivity index is 1.67. The number of pyridine rings is 1. The van der Waals surface area contributed by atoms with Crippen LogP contribution in [0.15, 0.2) is 48.7 Å². The summed E-state index contributed by atoms with van der Waals surface area (Å²) in [6.45, 7) is 2.66. The van der Waals surface area contributed by atoms with E-state index in [9.17, 15) is 4.79 Å². The second-order valence-corrected chi connectivity index (χ2v) is 5.55. The fourth-order valence-electron chi connectivity index (χ4n) is 2.49. The standard InChI is InChI=1S/C17H18N2O/c1-13-5-4-6-14(11-13)16(20)19-12-17(8-9-17)15-7-2-3-10-18-15/h2-7,10-11H,8-9,12H2,1H3,(H,19,20). The van der Waals surface area contributed by atoms with Gasteiger partial charge in [-0.15, -0.1) is 0 Å². The predicted octanol–water partition coefficient (Wildman–Crippen LogP) is 2.85. The topological polar surface area (TPSA) is 42.0 Å². The van der Waals surface area contributed by atoms with Crippen molar-refractivity contribution in [3.8, 4) is 0 Å². The third-order valence-electron chi connectivity index (χ3n) is 3.93. The molecular weight excluding hydrogens is 248 g/mol. The average Bonchev–Trinajstić information content (AvgIpc) is 3.27. The van der Waals surface area contributed by atoms with Crippen molar-refractivity contribution in [2.45, 2.75) is 25.2 Å². The van der Waals surface area contributed by atoms with E-state index in [4.69, 9.17) is 0 Å². The molecule has 3 nitrogen and oxygen atoms in total. The number of nitrogens with zero attached hydrogens (tertiary/aromatic N) is 1. The van der Waals surface area contributed by atoms with Crippen LogP contribution in [0.1, 0.15) is 34.5 Å². The van der Waals surface area contributed by atoms with Gasteiger partial charge in [-0.25, -0.2) is 0 Å². The molecule has 1 N–H and O–H groups in total. The number of amides is 1. The number of aryl methyl sites for hydroxylation is 1. The van der Waals surface area contributed by atoms with E-state index in [0.29, 0.717) is 6.54 Å². The first-order valence-corrected chi connectivity index (χ1v) is 6.96. The SMILES string of the molecule is Cc1cccc(C(=O)NCC2(c3ccccn3)CC2)c1. The molecule has 1 aliphatic rings. The summed E-state index contributed by atoms with van der Waals surface area (Å²) in [5, 5.41) is 3.05. The molecule has 1 fully saturated rings. The molecule has 1 heterocycles. The van der Waals surface area contributed by atoms with Crippen LogP contribution in [-0.4, -0.2) is 17.4 Å². The second kappa shape index (κ2) is 5.08. The quantitative estimate of drug-likeness (QED) is 0.924. The molecule has 102 valence electrons. The lowest BCUT2D eigenvalue weighted by Gasteiger charge is -2.15. The van der Waals surface area contributed by atoms with E-state index >= 15 is 0 Å². The molecule has 0 atom stereocenters. The van der Waals surface area contributed by atoms with Crippen molar-refractivity contribution in [3.63, 3.8) is 0 Å². The van der Waals surface area contributed by atoms with Gasteiger partial charge >= 0.3 is 0 Å². The molecule has 1 aromatic carbocycles. The summed E-state index contributed by atoms with van der Waals surface area (Å²) in [4.78, 5) is 16.6. The van der Waals surface area contributed by atoms with Crippen molar-refractivity contribution < 1.29 is 4.79 Å². The van der Waals surface area contributed by atoms with Crippen molar-refractivity contribution in [2.75, 3.05) is 6.54 Å². The Bertz CT molecular complexity index is 618. The van der Waals surface area contributed by atoms with E-state index in [1.807, 2.05) is 55.6 Å². The molecule has 1 amide bonds. The van der Waals surface area contributed by atoms with Gasteiger partial charge in [0.2, 0.25) is 0 Å². The number of carbonyl (C=O) groups is 1. The van der Waals surface area contributed by atoms with Crippen molar-refractivity contribution >= 4 is 5.91 Å². The molecule has 20 heavy (non-hydrogen) atoms. The Morgan fingerprint density at radius 3 is 2.75 bits per heavy atom. The number of rotatable bonds is 4. The summed E-state index contributed by atoms with van der Waals surface area (Å²) in [6, 6.07) is 13.6. The molecule has 0 radical (unpaired) electrons. The Morgan fingerprint density at radius 2 is 2.10 bits per heavy atom. The Kier molecular flexibility index (Phi) is 3.26. The first-order valence-electron chi connectivity index (χ1n) is 6.96. The van der Waals surface area contributed by atoms with Crippen LogP contribution < -0.4 is 5.32 Å². The molecule has 0 unspecified atom stereocenters. The highest BCUT2D eigenvalue weighted by molar-refractivity contribution is 5.94. The van der Waals surface area contributed by atoms with Crippen LogP contribution >= 0.6 is 0 Å². The van der Waals surface area contributed by atoms with Gasteiger partial charge in [-0.3, -0.25) is 9.78 Å². The van der Waals surface area contributed by atoms with E-state index in [0.717, 1.165) is 29.7 Å². The molecule has 2 aromatic rings. The van der Waals surface area contributed by atoms with E-state index in [2.05, 4.69) is 10.3 Å². The molecule has 3 heteroatoms. The van der Waals surface area contributed by atoms with Crippen LogP contribution in [0.3, 0.4) is 0 Å². The molecule has 1 aromatic heterocycles. The fourth-order valence-corrected chi connectivity index (χ4v) is 2.49. The Hall–Kier alpha value is -2.16. The van der Waals surface area contributed by atoms with Gasteiger partial charge in [-0.05, 0) is 44.0 Å². The number of benzene rings is 1. The highest BCUT2D eigenvalue weighted by Crippen LogP contribution is 2.46. The van der Waals surface area contributed by atoms with Crippen LogP contribution in [0.5, 0.6) is 0 Å². The summed E-state index contributed by atoms with van der Waals surface area (Å²) >= 11 is 0. The predicted molar refractivity (Wildman–Crippen MR) is 78.7 cm³/mol. The minimum atomic E-state index is -0.00379. The van der Waals surface area contributed by atoms with Crippen LogP contribution in [0.4, 0.5) is 0 Å². The number of carbonyl (C=O) groups excluding carboxylic acids is 1. The minimum Gasteiger partial charge on any atom is -0.351 e. The van der Waals surface area contributed by atoms with Crippen LogP contribution in [-0.2, 0) is 5.41 Å². The smallest absolute Gasteiger partial charge is 0.251 e. The third-order valence-corrected chi connectivity index (χ3v) is 3.93. The van der Waals surface area contributed by atoms with Crippen molar-refractivity contribution in [1.29, 1.82) is 0 Å². The number of hydrogen-bond donors (Lipinski definition) is 1. The lowest BCUT2D eigenvalue weighted by atomic mass is 10.0. The molecule has 0 bridgehead atoms. The maximum atomic E-state index is 12.2. The first-order chi connectivity index (χ1) is 9.70. The van der Waals surface area contributed by atoms with Crippen LogP contribution in [0, 0.1) is 6.92 Å². The Morgan fingerprint density at radius 1 is 1.25 bits per heavy atom. The summed E-state index contributed by atoms with van der Waals surface area (Å²) in [5.74, 6) is -0.00379. The number of nitrogens with one attached hydrogen (secondary N) is 1. The monoisotopic (exact) mass is 266 g/mol. The van der Waals surface area contributed by atoms with Gasteiger partial charge in [0.05, 0.1) is 0 Å². The third kappa shape index (κ3) is 2.57. The van der Waals surface area contributed by atoms with E-state index < -0.39 is 0 Å². The highest BCUT2D eigenvalue weighted by Gasteiger charge is 2.45. The van der Waals surface area contributed by atoms with Crippen molar-refractivity contribution in [3.05, 3.63) is 65.5 Å². The Labute approximate surface area is 119 Å². The van der Waals surface area contributed by atoms with Gasteiger partial charge in [0, 0.05) is 29.4 Å². The minimum absolute atomic E-state index is 0.00379. The van der Waals surface area contributed by atoms with Crippen LogP contribution in [0.25, 0.3) is 0 Å². The van der Waals surface area contributed by atoms with Gasteiger partial charge in [0.15, 0.2) is 0 Å². The van der Waals surface area contributed by atoms with Gasteiger partial charge in [0.25, 0.3) is 5.91 Å². The largest absolute Gasteiger partial charge is 0.351 e. The average molecular weight is 266 g/mol. The maximum absolute atomic E-state index is 12.2. The van der Waals surface area contributed by atoms with Crippen LogP contribution in [0.2, 0.25) is 0 Å². The lowest BCUT2D eigenvalue weighted by molar-refractivity contribution is 0.0949. The van der Waals surface area contributed by atoms with Crippen molar-refractivity contribution in [2.24, 2.45) is 0 Å². The van der Waals surface area contributed by atoms with Gasteiger partial charge in [0.1, 0.15) is 0 Å². The van der Waals surface area contributed by atoms with E-state index in [1.165, 1.54) is 0 Å². The highest BCUT2D eigenvalue weighted by atomic mass is 16.1. The maximum Gasteiger partial charge on any atom is 0.251 e. The lowest BCUT2D eigenvalue weighted by Crippen LogP contribution is -2.32. The number of hydrogen-bond acceptors (Lipinski definition) is 2. The zero-order valence-electron chi connectivity index (χ0n) is 11.6. The summed E-state index contributed by atoms with van der Waals surface area (Å²) < 4.78 is 0. The zero-order chi connectivity index (χ0) is 14.0. The van der Waals surface area contributed by atoms with E-state index in [1.54, 1.807) is 0 Å². The van der Waals surface area contributed by atoms with Crippen molar-refractivity contribution in [1.82, 2.24) is 10.3 Å². The second-order valence-electron chi connectivity index (χ2n) is 5.55.